The molecule has 6 heteroatoms. The van der Waals surface area contributed by atoms with Crippen molar-refractivity contribution in [2.24, 2.45) is 0 Å². The summed E-state index contributed by atoms with van der Waals surface area (Å²) in [6, 6.07) is 16.0. The zero-order valence-electron chi connectivity index (χ0n) is 14.7. The molecule has 1 atom stereocenters. The third-order valence-electron chi connectivity index (χ3n) is 3.74. The monoisotopic (exact) mass is 352 g/mol. The maximum atomic E-state index is 12.6. The molecule has 2 rings (SSSR count). The minimum atomic E-state index is -0.946. The van der Waals surface area contributed by atoms with Crippen LogP contribution in [0.25, 0.3) is 11.1 Å². The fourth-order valence-electron chi connectivity index (χ4n) is 2.41. The third kappa shape index (κ3) is 4.68. The molecule has 0 aromatic heterocycles. The number of nitrogens with zero attached hydrogens (tertiary/aromatic N) is 1. The zero-order chi connectivity index (χ0) is 18.9. The van der Waals surface area contributed by atoms with Crippen LogP contribution in [-0.4, -0.2) is 38.2 Å². The summed E-state index contributed by atoms with van der Waals surface area (Å²) in [6.07, 6.45) is -0.946. The first kappa shape index (κ1) is 19.2. The van der Waals surface area contributed by atoms with Gasteiger partial charge in [-0.05, 0) is 24.6 Å². The lowest BCUT2D eigenvalue weighted by atomic mass is 9.96. The normalized spacial score (nSPS) is 11.3. The Hall–Kier alpha value is -3.17. The van der Waals surface area contributed by atoms with Gasteiger partial charge in [0.15, 0.2) is 6.10 Å². The summed E-state index contributed by atoms with van der Waals surface area (Å²) < 4.78 is 10.1. The highest BCUT2D eigenvalue weighted by Crippen LogP contribution is 2.27. The molecule has 6 nitrogen and oxygen atoms in total. The number of ether oxygens (including phenoxy) is 2. The van der Waals surface area contributed by atoms with Gasteiger partial charge >= 0.3 is 5.97 Å². The Bertz CT molecular complexity index is 827. The largest absolute Gasteiger partial charge is 0.449 e. The molecule has 0 saturated carbocycles. The Morgan fingerprint density at radius 3 is 2.46 bits per heavy atom. The van der Waals surface area contributed by atoms with Gasteiger partial charge in [-0.2, -0.15) is 5.26 Å². The number of rotatable bonds is 7. The zero-order valence-corrected chi connectivity index (χ0v) is 14.7. The molecule has 0 aliphatic rings. The van der Waals surface area contributed by atoms with Crippen molar-refractivity contribution in [3.05, 3.63) is 59.7 Å². The van der Waals surface area contributed by atoms with E-state index in [4.69, 9.17) is 9.47 Å². The van der Waals surface area contributed by atoms with Gasteiger partial charge in [-0.1, -0.05) is 36.4 Å². The van der Waals surface area contributed by atoms with Crippen molar-refractivity contribution < 1.29 is 19.1 Å². The number of esters is 1. The van der Waals surface area contributed by atoms with Crippen molar-refractivity contribution in [3.8, 4) is 17.2 Å². The van der Waals surface area contributed by atoms with Crippen LogP contribution in [-0.2, 0) is 14.3 Å². The lowest BCUT2D eigenvalue weighted by molar-refractivity contribution is -0.129. The SMILES string of the molecule is COCCNC(=O)[C@@H](C)OC(=O)c1ccccc1-c1ccccc1C#N. The predicted octanol–water partition coefficient (Wildman–Crippen LogP) is 2.53. The van der Waals surface area contributed by atoms with E-state index in [1.807, 2.05) is 0 Å². The number of amides is 1. The standard InChI is InChI=1S/C20H20N2O4/c1-14(19(23)22-11-12-25-2)26-20(24)18-10-6-5-9-17(18)16-8-4-3-7-15(16)13-21/h3-10,14H,11-12H2,1-2H3,(H,22,23)/t14-/m1/s1. The molecule has 0 fully saturated rings. The number of carbonyl (C=O) groups is 2. The van der Waals surface area contributed by atoms with Crippen LogP contribution in [0.2, 0.25) is 0 Å². The topological polar surface area (TPSA) is 88.4 Å². The van der Waals surface area contributed by atoms with Crippen LogP contribution in [0.1, 0.15) is 22.8 Å². The Labute approximate surface area is 152 Å². The third-order valence-corrected chi connectivity index (χ3v) is 3.74. The average Bonchev–Trinajstić information content (AvgIpc) is 2.67. The second kappa shape index (κ2) is 9.35. The van der Waals surface area contributed by atoms with Crippen molar-refractivity contribution >= 4 is 11.9 Å². The number of methoxy groups -OCH3 is 1. The van der Waals surface area contributed by atoms with Gasteiger partial charge in [0.1, 0.15) is 0 Å². The van der Waals surface area contributed by atoms with Gasteiger partial charge in [0.05, 0.1) is 23.8 Å². The smallest absolute Gasteiger partial charge is 0.339 e. The molecule has 0 aliphatic heterocycles. The quantitative estimate of drug-likeness (QED) is 0.611. The number of carbonyl (C=O) groups excluding carboxylic acids is 2. The Kier molecular flexibility index (Phi) is 6.89. The van der Waals surface area contributed by atoms with Crippen molar-refractivity contribution in [1.29, 1.82) is 5.26 Å². The van der Waals surface area contributed by atoms with Gasteiger partial charge in [-0.3, -0.25) is 4.79 Å². The fourth-order valence-corrected chi connectivity index (χ4v) is 2.41. The number of hydrogen-bond donors (Lipinski definition) is 1. The first-order chi connectivity index (χ1) is 12.6. The Balaban J connectivity index is 2.20. The summed E-state index contributed by atoms with van der Waals surface area (Å²) in [6.45, 7) is 2.22. The molecular formula is C20H20N2O4. The molecule has 1 amide bonds. The summed E-state index contributed by atoms with van der Waals surface area (Å²) in [5.41, 5.74) is 1.98. The van der Waals surface area contributed by atoms with Gasteiger partial charge in [0.25, 0.3) is 5.91 Å². The van der Waals surface area contributed by atoms with Crippen LogP contribution < -0.4 is 5.32 Å². The van der Waals surface area contributed by atoms with Crippen LogP contribution in [0, 0.1) is 11.3 Å². The molecule has 0 unspecified atom stereocenters. The number of benzene rings is 2. The van der Waals surface area contributed by atoms with E-state index in [0.29, 0.717) is 35.4 Å². The highest BCUT2D eigenvalue weighted by atomic mass is 16.5. The van der Waals surface area contributed by atoms with E-state index in [1.165, 1.54) is 14.0 Å². The molecule has 0 radical (unpaired) electrons. The van der Waals surface area contributed by atoms with Crippen molar-refractivity contribution in [3.63, 3.8) is 0 Å². The molecule has 0 spiro atoms. The van der Waals surface area contributed by atoms with E-state index in [-0.39, 0.29) is 0 Å². The van der Waals surface area contributed by atoms with Gasteiger partial charge in [0.2, 0.25) is 0 Å². The summed E-state index contributed by atoms with van der Waals surface area (Å²) >= 11 is 0. The van der Waals surface area contributed by atoms with E-state index in [2.05, 4.69) is 11.4 Å². The highest BCUT2D eigenvalue weighted by molar-refractivity contribution is 5.99. The van der Waals surface area contributed by atoms with Crippen LogP contribution in [0.3, 0.4) is 0 Å². The van der Waals surface area contributed by atoms with Crippen molar-refractivity contribution in [2.75, 3.05) is 20.3 Å². The minimum Gasteiger partial charge on any atom is -0.449 e. The van der Waals surface area contributed by atoms with Crippen LogP contribution in [0.5, 0.6) is 0 Å². The maximum Gasteiger partial charge on any atom is 0.339 e. The Morgan fingerprint density at radius 2 is 1.77 bits per heavy atom. The molecule has 0 saturated heterocycles. The maximum absolute atomic E-state index is 12.6. The number of hydrogen-bond acceptors (Lipinski definition) is 5. The van der Waals surface area contributed by atoms with Crippen molar-refractivity contribution in [2.45, 2.75) is 13.0 Å². The van der Waals surface area contributed by atoms with Gasteiger partial charge in [-0.15, -0.1) is 0 Å². The second-order valence-electron chi connectivity index (χ2n) is 5.53. The van der Waals surface area contributed by atoms with Crippen LogP contribution >= 0.6 is 0 Å². The highest BCUT2D eigenvalue weighted by Gasteiger charge is 2.21. The van der Waals surface area contributed by atoms with Crippen molar-refractivity contribution in [1.82, 2.24) is 5.32 Å². The molecule has 2 aromatic carbocycles. The van der Waals surface area contributed by atoms with E-state index >= 15 is 0 Å². The average molecular weight is 352 g/mol. The van der Waals surface area contributed by atoms with E-state index in [9.17, 15) is 14.9 Å². The van der Waals surface area contributed by atoms with Crippen LogP contribution in [0.4, 0.5) is 0 Å². The predicted molar refractivity (Wildman–Crippen MR) is 96.4 cm³/mol. The van der Waals surface area contributed by atoms with Gasteiger partial charge in [0, 0.05) is 19.2 Å². The molecule has 0 heterocycles. The van der Waals surface area contributed by atoms with Gasteiger partial charge < -0.3 is 14.8 Å². The number of nitriles is 1. The molecule has 134 valence electrons. The second-order valence-corrected chi connectivity index (χ2v) is 5.53. The summed E-state index contributed by atoms with van der Waals surface area (Å²) in [7, 11) is 1.53. The Morgan fingerprint density at radius 1 is 1.12 bits per heavy atom. The fraction of sp³-hybridized carbons (Fsp3) is 0.250. The lowest BCUT2D eigenvalue weighted by Gasteiger charge is -2.15. The molecule has 26 heavy (non-hydrogen) atoms. The lowest BCUT2D eigenvalue weighted by Crippen LogP contribution is -2.37. The van der Waals surface area contributed by atoms with Gasteiger partial charge in [-0.25, -0.2) is 4.79 Å². The molecule has 1 N–H and O–H groups in total. The molecular weight excluding hydrogens is 332 g/mol. The summed E-state index contributed by atoms with van der Waals surface area (Å²) in [5, 5.41) is 11.9. The minimum absolute atomic E-state index is 0.298. The molecule has 0 aliphatic carbocycles. The summed E-state index contributed by atoms with van der Waals surface area (Å²) in [4.78, 5) is 24.5. The van der Waals surface area contributed by atoms with E-state index in [1.54, 1.807) is 48.5 Å². The molecule has 2 aromatic rings. The van der Waals surface area contributed by atoms with E-state index in [0.717, 1.165) is 0 Å². The van der Waals surface area contributed by atoms with E-state index < -0.39 is 18.0 Å². The first-order valence-electron chi connectivity index (χ1n) is 8.14. The summed E-state index contributed by atoms with van der Waals surface area (Å²) in [5.74, 6) is -1.02. The number of nitrogens with one attached hydrogen (secondary N) is 1. The molecule has 0 bridgehead atoms. The first-order valence-corrected chi connectivity index (χ1v) is 8.14. The van der Waals surface area contributed by atoms with Crippen LogP contribution in [0.15, 0.2) is 48.5 Å².